The predicted octanol–water partition coefficient (Wildman–Crippen LogP) is 3.39. The summed E-state index contributed by atoms with van der Waals surface area (Å²) in [7, 11) is 0. The zero-order valence-corrected chi connectivity index (χ0v) is 7.07. The largest absolute Gasteiger partial charge is 0.0882 e. The lowest BCUT2D eigenvalue weighted by molar-refractivity contribution is 0.632. The van der Waals surface area contributed by atoms with Gasteiger partial charge in [0.1, 0.15) is 0 Å². The molecule has 0 aliphatic carbocycles. The molecule has 0 aromatic rings. The maximum absolute atomic E-state index is 2.29. The summed E-state index contributed by atoms with van der Waals surface area (Å²) in [4.78, 5) is 0. The highest BCUT2D eigenvalue weighted by Crippen LogP contribution is 2.16. The lowest BCUT2D eigenvalue weighted by Gasteiger charge is -2.10. The van der Waals surface area contributed by atoms with Crippen molar-refractivity contribution in [2.24, 2.45) is 5.92 Å². The summed E-state index contributed by atoms with van der Waals surface area (Å²) in [5, 5.41) is 0. The molecule has 0 saturated heterocycles. The van der Waals surface area contributed by atoms with Gasteiger partial charge in [-0.1, -0.05) is 32.4 Å². The Labute approximate surface area is 59.0 Å². The second kappa shape index (κ2) is 4.60. The van der Waals surface area contributed by atoms with E-state index in [9.17, 15) is 0 Å². The number of rotatable bonds is 3. The van der Waals surface area contributed by atoms with Crippen molar-refractivity contribution in [3.63, 3.8) is 0 Å². The molecule has 54 valence electrons. The van der Waals surface area contributed by atoms with E-state index >= 15 is 0 Å². The molecule has 0 aromatic heterocycles. The molecule has 0 heterocycles. The summed E-state index contributed by atoms with van der Waals surface area (Å²) in [6.45, 7) is 8.88. The molecule has 1 atom stereocenters. The van der Waals surface area contributed by atoms with Crippen LogP contribution in [0.25, 0.3) is 0 Å². The SMILES string of the molecule is C/C=C(/CC)[C@@H](C)CC. The minimum atomic E-state index is 0.792. The zero-order chi connectivity index (χ0) is 7.28. The van der Waals surface area contributed by atoms with E-state index in [-0.39, 0.29) is 0 Å². The van der Waals surface area contributed by atoms with Crippen molar-refractivity contribution in [1.82, 2.24) is 0 Å². The smallest absolute Gasteiger partial charge is 0.0235 e. The van der Waals surface area contributed by atoms with Crippen molar-refractivity contribution in [3.8, 4) is 0 Å². The molecule has 0 heteroatoms. The Morgan fingerprint density at radius 3 is 2.11 bits per heavy atom. The summed E-state index contributed by atoms with van der Waals surface area (Å²) in [5.41, 5.74) is 1.59. The van der Waals surface area contributed by atoms with Crippen LogP contribution >= 0.6 is 0 Å². The van der Waals surface area contributed by atoms with Crippen LogP contribution < -0.4 is 0 Å². The van der Waals surface area contributed by atoms with Crippen molar-refractivity contribution in [3.05, 3.63) is 11.6 Å². The second-order valence-electron chi connectivity index (χ2n) is 2.53. The van der Waals surface area contributed by atoms with E-state index in [0.717, 1.165) is 5.92 Å². The predicted molar refractivity (Wildman–Crippen MR) is 43.5 cm³/mol. The quantitative estimate of drug-likeness (QED) is 0.508. The van der Waals surface area contributed by atoms with Crippen LogP contribution in [0.3, 0.4) is 0 Å². The molecular weight excluding hydrogens is 108 g/mol. The Kier molecular flexibility index (Phi) is 4.47. The minimum Gasteiger partial charge on any atom is -0.0882 e. The van der Waals surface area contributed by atoms with E-state index in [0.29, 0.717) is 0 Å². The maximum Gasteiger partial charge on any atom is -0.0235 e. The average molecular weight is 126 g/mol. The standard InChI is InChI=1S/C9H18/c1-5-8(4)9(6-2)7-3/h6,8H,5,7H2,1-4H3/b9-6-/t8-/m0/s1. The van der Waals surface area contributed by atoms with Crippen molar-refractivity contribution in [1.29, 1.82) is 0 Å². The van der Waals surface area contributed by atoms with Crippen LogP contribution in [0.1, 0.15) is 40.5 Å². The second-order valence-corrected chi connectivity index (χ2v) is 2.53. The van der Waals surface area contributed by atoms with Crippen LogP contribution in [-0.2, 0) is 0 Å². The summed E-state index contributed by atoms with van der Waals surface area (Å²) >= 11 is 0. The van der Waals surface area contributed by atoms with E-state index in [1.54, 1.807) is 5.57 Å². The van der Waals surface area contributed by atoms with Gasteiger partial charge in [0.2, 0.25) is 0 Å². The van der Waals surface area contributed by atoms with Gasteiger partial charge in [0, 0.05) is 0 Å². The number of allylic oxidation sites excluding steroid dienone is 2. The van der Waals surface area contributed by atoms with Gasteiger partial charge in [0.25, 0.3) is 0 Å². The highest BCUT2D eigenvalue weighted by molar-refractivity contribution is 5.02. The fraction of sp³-hybridized carbons (Fsp3) is 0.778. The van der Waals surface area contributed by atoms with Crippen LogP contribution in [0.2, 0.25) is 0 Å². The third-order valence-electron chi connectivity index (χ3n) is 2.02. The van der Waals surface area contributed by atoms with Crippen molar-refractivity contribution in [2.75, 3.05) is 0 Å². The van der Waals surface area contributed by atoms with Crippen LogP contribution in [0, 0.1) is 5.92 Å². The van der Waals surface area contributed by atoms with Crippen LogP contribution in [0.15, 0.2) is 11.6 Å². The van der Waals surface area contributed by atoms with E-state index in [4.69, 9.17) is 0 Å². The van der Waals surface area contributed by atoms with Gasteiger partial charge >= 0.3 is 0 Å². The molecule has 0 rings (SSSR count). The first-order valence-corrected chi connectivity index (χ1v) is 3.91. The Hall–Kier alpha value is -0.260. The van der Waals surface area contributed by atoms with Gasteiger partial charge in [-0.3, -0.25) is 0 Å². The molecule has 0 saturated carbocycles. The molecular formula is C9H18. The van der Waals surface area contributed by atoms with E-state index in [1.165, 1.54) is 12.8 Å². The Bertz CT molecular complexity index is 90.2. The summed E-state index contributed by atoms with van der Waals surface area (Å²) in [6.07, 6.45) is 4.73. The topological polar surface area (TPSA) is 0 Å². The highest BCUT2D eigenvalue weighted by Gasteiger charge is 2.00. The molecule has 9 heavy (non-hydrogen) atoms. The highest BCUT2D eigenvalue weighted by atomic mass is 14.1. The van der Waals surface area contributed by atoms with Crippen LogP contribution in [0.5, 0.6) is 0 Å². The van der Waals surface area contributed by atoms with Crippen LogP contribution in [0.4, 0.5) is 0 Å². The molecule has 0 fully saturated rings. The molecule has 0 unspecified atom stereocenters. The zero-order valence-electron chi connectivity index (χ0n) is 7.07. The van der Waals surface area contributed by atoms with Gasteiger partial charge in [0.15, 0.2) is 0 Å². The minimum absolute atomic E-state index is 0.792. The summed E-state index contributed by atoms with van der Waals surface area (Å²) < 4.78 is 0. The summed E-state index contributed by atoms with van der Waals surface area (Å²) in [5.74, 6) is 0.792. The molecule has 0 nitrogen and oxygen atoms in total. The number of hydrogen-bond donors (Lipinski definition) is 0. The van der Waals surface area contributed by atoms with Crippen molar-refractivity contribution >= 4 is 0 Å². The van der Waals surface area contributed by atoms with Gasteiger partial charge in [0.05, 0.1) is 0 Å². The van der Waals surface area contributed by atoms with E-state index in [1.807, 2.05) is 0 Å². The Morgan fingerprint density at radius 2 is 2.00 bits per heavy atom. The first kappa shape index (κ1) is 8.74. The first-order valence-electron chi connectivity index (χ1n) is 3.91. The third-order valence-corrected chi connectivity index (χ3v) is 2.02. The average Bonchev–Trinajstić information content (AvgIpc) is 1.90. The first-order chi connectivity index (χ1) is 4.26. The molecule has 0 radical (unpaired) electrons. The summed E-state index contributed by atoms with van der Waals surface area (Å²) in [6, 6.07) is 0. The molecule has 0 aliphatic rings. The van der Waals surface area contributed by atoms with Gasteiger partial charge < -0.3 is 0 Å². The van der Waals surface area contributed by atoms with Crippen LogP contribution in [-0.4, -0.2) is 0 Å². The lowest BCUT2D eigenvalue weighted by Crippen LogP contribution is -1.95. The molecule has 0 aromatic carbocycles. The Balaban J connectivity index is 3.80. The fourth-order valence-corrected chi connectivity index (χ4v) is 1.10. The monoisotopic (exact) mass is 126 g/mol. The van der Waals surface area contributed by atoms with Gasteiger partial charge in [-0.2, -0.15) is 0 Å². The Morgan fingerprint density at radius 1 is 1.44 bits per heavy atom. The van der Waals surface area contributed by atoms with E-state index < -0.39 is 0 Å². The van der Waals surface area contributed by atoms with Gasteiger partial charge in [-0.25, -0.2) is 0 Å². The van der Waals surface area contributed by atoms with Gasteiger partial charge in [-0.05, 0) is 25.7 Å². The molecule has 0 spiro atoms. The normalized spacial score (nSPS) is 15.8. The third kappa shape index (κ3) is 2.69. The van der Waals surface area contributed by atoms with E-state index in [2.05, 4.69) is 33.8 Å². The fourth-order valence-electron chi connectivity index (χ4n) is 1.10. The molecule has 0 bridgehead atoms. The molecule has 0 N–H and O–H groups in total. The molecule has 0 aliphatic heterocycles. The lowest BCUT2D eigenvalue weighted by atomic mass is 9.96. The van der Waals surface area contributed by atoms with Crippen molar-refractivity contribution in [2.45, 2.75) is 40.5 Å². The van der Waals surface area contributed by atoms with Gasteiger partial charge in [-0.15, -0.1) is 0 Å². The van der Waals surface area contributed by atoms with Crippen molar-refractivity contribution < 1.29 is 0 Å². The number of hydrogen-bond acceptors (Lipinski definition) is 0. The maximum atomic E-state index is 2.29. The molecule has 0 amide bonds.